The van der Waals surface area contributed by atoms with Gasteiger partial charge in [0.2, 0.25) is 0 Å². The lowest BCUT2D eigenvalue weighted by atomic mass is 9.97. The molecule has 0 heterocycles. The van der Waals surface area contributed by atoms with E-state index in [1.165, 1.54) is 96.3 Å². The molecule has 1 fully saturated rings. The predicted octanol–water partition coefficient (Wildman–Crippen LogP) is 6.63. The molecular weight excluding hydrogens is 256 g/mol. The quantitative estimate of drug-likeness (QED) is 0.357. The van der Waals surface area contributed by atoms with Gasteiger partial charge in [0.1, 0.15) is 0 Å². The minimum absolute atomic E-state index is 0.0142. The van der Waals surface area contributed by atoms with E-state index in [9.17, 15) is 5.11 Å². The maximum absolute atomic E-state index is 10.0. The molecule has 0 radical (unpaired) electrons. The number of aliphatic hydroxyl groups is 1. The molecule has 0 aromatic carbocycles. The predicted molar refractivity (Wildman–Crippen MR) is 93.7 cm³/mol. The molecule has 1 nitrogen and oxygen atoms in total. The lowest BCUT2D eigenvalue weighted by Crippen LogP contribution is -2.08. The van der Waals surface area contributed by atoms with Crippen LogP contribution in [0, 0.1) is 5.92 Å². The van der Waals surface area contributed by atoms with Crippen LogP contribution in [0.25, 0.3) is 0 Å². The van der Waals surface area contributed by atoms with Gasteiger partial charge in [-0.3, -0.25) is 0 Å². The van der Waals surface area contributed by atoms with Crippen LogP contribution in [0.15, 0.2) is 0 Å². The van der Waals surface area contributed by atoms with Crippen LogP contribution in [0.4, 0.5) is 0 Å². The van der Waals surface area contributed by atoms with E-state index in [4.69, 9.17) is 0 Å². The number of unbranched alkanes of at least 4 members (excludes halogenated alkanes) is 9. The fraction of sp³-hybridized carbons (Fsp3) is 1.00. The first-order valence-corrected chi connectivity index (χ1v) is 10.0. The summed E-state index contributed by atoms with van der Waals surface area (Å²) in [6.07, 6.45) is 22.9. The Labute approximate surface area is 133 Å². The van der Waals surface area contributed by atoms with Gasteiger partial charge in [-0.05, 0) is 25.2 Å². The number of rotatable bonds is 14. The molecular formula is C20H40O. The molecule has 0 spiro atoms. The molecule has 1 heteroatoms. The van der Waals surface area contributed by atoms with Crippen molar-refractivity contribution in [3.63, 3.8) is 0 Å². The van der Waals surface area contributed by atoms with Crippen LogP contribution in [0.1, 0.15) is 116 Å². The Kier molecular flexibility index (Phi) is 12.3. The highest BCUT2D eigenvalue weighted by molar-refractivity contribution is 4.69. The van der Waals surface area contributed by atoms with E-state index in [0.29, 0.717) is 0 Å². The van der Waals surface area contributed by atoms with Gasteiger partial charge in [-0.2, -0.15) is 0 Å². The molecule has 1 saturated carbocycles. The molecule has 1 aliphatic rings. The van der Waals surface area contributed by atoms with Crippen molar-refractivity contribution in [3.05, 3.63) is 0 Å². The zero-order chi connectivity index (χ0) is 15.2. The molecule has 1 N–H and O–H groups in total. The Morgan fingerprint density at radius 1 is 0.762 bits per heavy atom. The number of hydrogen-bond acceptors (Lipinski definition) is 1. The van der Waals surface area contributed by atoms with E-state index in [-0.39, 0.29) is 6.10 Å². The molecule has 0 aromatic heterocycles. The monoisotopic (exact) mass is 296 g/mol. The SMILES string of the molecule is CCCCCCCCCCCCC(O)CCC1CCCC1. The molecule has 1 aliphatic carbocycles. The van der Waals surface area contributed by atoms with Crippen molar-refractivity contribution in [3.8, 4) is 0 Å². The van der Waals surface area contributed by atoms with Crippen LogP contribution in [-0.2, 0) is 0 Å². The second-order valence-corrected chi connectivity index (χ2v) is 7.35. The number of hydrogen-bond donors (Lipinski definition) is 1. The third-order valence-electron chi connectivity index (χ3n) is 5.27. The van der Waals surface area contributed by atoms with Crippen molar-refractivity contribution < 1.29 is 5.11 Å². The van der Waals surface area contributed by atoms with E-state index in [1.807, 2.05) is 0 Å². The van der Waals surface area contributed by atoms with Crippen molar-refractivity contribution >= 4 is 0 Å². The zero-order valence-electron chi connectivity index (χ0n) is 14.6. The summed E-state index contributed by atoms with van der Waals surface area (Å²) < 4.78 is 0. The van der Waals surface area contributed by atoms with Crippen molar-refractivity contribution in [2.75, 3.05) is 0 Å². The summed E-state index contributed by atoms with van der Waals surface area (Å²) in [5.74, 6) is 0.937. The minimum atomic E-state index is -0.0142. The average Bonchev–Trinajstić information content (AvgIpc) is 3.00. The minimum Gasteiger partial charge on any atom is -0.393 e. The van der Waals surface area contributed by atoms with Gasteiger partial charge in [-0.25, -0.2) is 0 Å². The second-order valence-electron chi connectivity index (χ2n) is 7.35. The zero-order valence-corrected chi connectivity index (χ0v) is 14.6. The topological polar surface area (TPSA) is 20.2 Å². The van der Waals surface area contributed by atoms with E-state index >= 15 is 0 Å². The van der Waals surface area contributed by atoms with Crippen LogP contribution >= 0.6 is 0 Å². The molecule has 0 saturated heterocycles. The summed E-state index contributed by atoms with van der Waals surface area (Å²) in [5.41, 5.74) is 0. The summed E-state index contributed by atoms with van der Waals surface area (Å²) in [5, 5.41) is 10.0. The molecule has 1 rings (SSSR count). The summed E-state index contributed by atoms with van der Waals surface area (Å²) in [6.45, 7) is 2.28. The average molecular weight is 297 g/mol. The van der Waals surface area contributed by atoms with Crippen LogP contribution in [-0.4, -0.2) is 11.2 Å². The molecule has 21 heavy (non-hydrogen) atoms. The lowest BCUT2D eigenvalue weighted by molar-refractivity contribution is 0.141. The Morgan fingerprint density at radius 2 is 1.29 bits per heavy atom. The highest BCUT2D eigenvalue weighted by Gasteiger charge is 2.16. The first kappa shape index (κ1) is 19.0. The normalized spacial score (nSPS) is 17.4. The van der Waals surface area contributed by atoms with Crippen molar-refractivity contribution in [1.29, 1.82) is 0 Å². The highest BCUT2D eigenvalue weighted by atomic mass is 16.3. The fourth-order valence-corrected chi connectivity index (χ4v) is 3.74. The summed E-state index contributed by atoms with van der Waals surface area (Å²) in [6, 6.07) is 0. The van der Waals surface area contributed by atoms with E-state index in [2.05, 4.69) is 6.92 Å². The molecule has 0 amide bonds. The van der Waals surface area contributed by atoms with E-state index in [1.54, 1.807) is 0 Å². The van der Waals surface area contributed by atoms with E-state index in [0.717, 1.165) is 18.8 Å². The number of aliphatic hydroxyl groups excluding tert-OH is 1. The Morgan fingerprint density at radius 3 is 1.86 bits per heavy atom. The molecule has 0 bridgehead atoms. The maximum atomic E-state index is 10.0. The summed E-state index contributed by atoms with van der Waals surface area (Å²) in [4.78, 5) is 0. The molecule has 0 aromatic rings. The van der Waals surface area contributed by atoms with Gasteiger partial charge in [0.15, 0.2) is 0 Å². The smallest absolute Gasteiger partial charge is 0.0540 e. The Bertz CT molecular complexity index is 208. The van der Waals surface area contributed by atoms with Gasteiger partial charge in [-0.15, -0.1) is 0 Å². The van der Waals surface area contributed by atoms with Gasteiger partial charge in [0.25, 0.3) is 0 Å². The first-order valence-electron chi connectivity index (χ1n) is 10.0. The Balaban J connectivity index is 1.76. The highest BCUT2D eigenvalue weighted by Crippen LogP contribution is 2.29. The lowest BCUT2D eigenvalue weighted by Gasteiger charge is -2.13. The standard InChI is InChI=1S/C20H40O/c1-2-3-4-5-6-7-8-9-10-11-16-20(21)18-17-19-14-12-13-15-19/h19-21H,2-18H2,1H3. The summed E-state index contributed by atoms with van der Waals surface area (Å²) >= 11 is 0. The van der Waals surface area contributed by atoms with E-state index < -0.39 is 0 Å². The maximum Gasteiger partial charge on any atom is 0.0540 e. The van der Waals surface area contributed by atoms with Gasteiger partial charge >= 0.3 is 0 Å². The van der Waals surface area contributed by atoms with Crippen LogP contribution in [0.3, 0.4) is 0 Å². The van der Waals surface area contributed by atoms with Crippen molar-refractivity contribution in [2.45, 2.75) is 122 Å². The second kappa shape index (κ2) is 13.6. The Hall–Kier alpha value is -0.0400. The fourth-order valence-electron chi connectivity index (χ4n) is 3.74. The largest absolute Gasteiger partial charge is 0.393 e. The third kappa shape index (κ3) is 11.2. The van der Waals surface area contributed by atoms with Gasteiger partial charge in [0, 0.05) is 0 Å². The molecule has 0 aliphatic heterocycles. The van der Waals surface area contributed by atoms with Crippen molar-refractivity contribution in [1.82, 2.24) is 0 Å². The van der Waals surface area contributed by atoms with Crippen LogP contribution < -0.4 is 0 Å². The van der Waals surface area contributed by atoms with Gasteiger partial charge in [-0.1, -0.05) is 96.8 Å². The van der Waals surface area contributed by atoms with Gasteiger partial charge < -0.3 is 5.11 Å². The van der Waals surface area contributed by atoms with Crippen LogP contribution in [0.5, 0.6) is 0 Å². The third-order valence-corrected chi connectivity index (χ3v) is 5.27. The van der Waals surface area contributed by atoms with Crippen molar-refractivity contribution in [2.24, 2.45) is 5.92 Å². The molecule has 126 valence electrons. The van der Waals surface area contributed by atoms with Crippen LogP contribution in [0.2, 0.25) is 0 Å². The molecule has 1 atom stereocenters. The first-order chi connectivity index (χ1) is 10.3. The molecule has 1 unspecified atom stereocenters. The van der Waals surface area contributed by atoms with Gasteiger partial charge in [0.05, 0.1) is 6.10 Å². The summed E-state index contributed by atoms with van der Waals surface area (Å²) in [7, 11) is 0.